The van der Waals surface area contributed by atoms with E-state index in [9.17, 15) is 0 Å². The molecule has 3 rings (SSSR count). The number of hydrogen-bond acceptors (Lipinski definition) is 0. The molecule has 0 N–H and O–H groups in total. The van der Waals surface area contributed by atoms with Crippen LogP contribution in [0.15, 0.2) is 48.0 Å². The van der Waals surface area contributed by atoms with Crippen LogP contribution in [0, 0.1) is 6.92 Å². The summed E-state index contributed by atoms with van der Waals surface area (Å²) in [6.07, 6.45) is 2.27. The molecule has 0 nitrogen and oxygen atoms in total. The van der Waals surface area contributed by atoms with Crippen LogP contribution in [0.2, 0.25) is 0 Å². The molecule has 2 aromatic carbocycles. The van der Waals surface area contributed by atoms with Gasteiger partial charge in [-0.15, -0.1) is 0 Å². The summed E-state index contributed by atoms with van der Waals surface area (Å²) in [6.45, 7) is 4.29. The summed E-state index contributed by atoms with van der Waals surface area (Å²) in [5.74, 6) is 0. The molecule has 0 radical (unpaired) electrons. The Bertz CT molecular complexity index is 679. The molecule has 0 amide bonds. The molecule has 0 fully saturated rings. The molecule has 4 heteroatoms. The maximum absolute atomic E-state index is 6.38. The van der Waals surface area contributed by atoms with E-state index in [2.05, 4.69) is 56.3 Å². The second-order valence-corrected chi connectivity index (χ2v) is 14.1. The summed E-state index contributed by atoms with van der Waals surface area (Å²) in [4.78, 5) is 0. The Morgan fingerprint density at radius 1 is 1.00 bits per heavy atom. The van der Waals surface area contributed by atoms with E-state index in [1.807, 2.05) is 6.07 Å². The Balaban J connectivity index is 0.00000161. The summed E-state index contributed by atoms with van der Waals surface area (Å²) in [5.41, 5.74) is 7.78. The Labute approximate surface area is 160 Å². The van der Waals surface area contributed by atoms with Crippen LogP contribution < -0.4 is 0 Å². The number of halogens is 2. The number of benzene rings is 2. The largest absolute Gasteiger partial charge is 0 e. The van der Waals surface area contributed by atoms with E-state index >= 15 is 0 Å². The van der Waals surface area contributed by atoms with Gasteiger partial charge >= 0.3 is 136 Å². The first-order chi connectivity index (χ1) is 9.58. The van der Waals surface area contributed by atoms with E-state index in [-0.39, 0.29) is 26.2 Å². The predicted octanol–water partition coefficient (Wildman–Crippen LogP) is 6.04. The molecule has 0 heterocycles. The van der Waals surface area contributed by atoms with Gasteiger partial charge < -0.3 is 0 Å². The normalized spacial score (nSPS) is 16.0. The van der Waals surface area contributed by atoms with Crippen LogP contribution in [0.25, 0.3) is 17.2 Å². The van der Waals surface area contributed by atoms with Gasteiger partial charge in [0.2, 0.25) is 0 Å². The van der Waals surface area contributed by atoms with Gasteiger partial charge in [-0.05, 0) is 0 Å². The van der Waals surface area contributed by atoms with Crippen LogP contribution in [-0.2, 0) is 45.6 Å². The summed E-state index contributed by atoms with van der Waals surface area (Å²) in [6, 6.07) is 15.0. The molecule has 1 unspecified atom stereocenters. The Hall–Kier alpha value is 0.526. The molecular formula is C17H15Cl2Zr2. The van der Waals surface area contributed by atoms with Gasteiger partial charge in [0.1, 0.15) is 0 Å². The molecule has 0 saturated carbocycles. The molecule has 21 heavy (non-hydrogen) atoms. The van der Waals surface area contributed by atoms with Crippen molar-refractivity contribution < 1.29 is 45.6 Å². The van der Waals surface area contributed by atoms with Crippen LogP contribution in [0.3, 0.4) is 0 Å². The molecule has 0 bridgehead atoms. The van der Waals surface area contributed by atoms with Crippen molar-refractivity contribution >= 4 is 23.1 Å². The minimum absolute atomic E-state index is 0. The van der Waals surface area contributed by atoms with Gasteiger partial charge in [-0.1, -0.05) is 0 Å². The first-order valence-electron chi connectivity index (χ1n) is 6.64. The van der Waals surface area contributed by atoms with Crippen molar-refractivity contribution in [2.75, 3.05) is 0 Å². The van der Waals surface area contributed by atoms with Crippen molar-refractivity contribution in [3.05, 3.63) is 64.7 Å². The Kier molecular flexibility index (Phi) is 6.30. The van der Waals surface area contributed by atoms with Crippen LogP contribution >= 0.6 is 17.0 Å². The number of fused-ring (bicyclic) bond motifs is 1. The zero-order valence-electron chi connectivity index (χ0n) is 12.0. The van der Waals surface area contributed by atoms with Crippen molar-refractivity contribution in [1.29, 1.82) is 0 Å². The summed E-state index contributed by atoms with van der Waals surface area (Å²) in [5, 5.41) is 0. The molecule has 1 aliphatic carbocycles. The minimum atomic E-state index is -2.35. The predicted molar refractivity (Wildman–Crippen MR) is 84.7 cm³/mol. The van der Waals surface area contributed by atoms with E-state index < -0.39 is 19.4 Å². The summed E-state index contributed by atoms with van der Waals surface area (Å²) < 4.78 is 0.304. The third-order valence-corrected chi connectivity index (χ3v) is 9.34. The topological polar surface area (TPSA) is 0 Å². The van der Waals surface area contributed by atoms with Crippen LogP contribution in [0.4, 0.5) is 0 Å². The SMILES string of the molecule is CC1=Cc2c(-c3ccccc3)cc(C)cc2[CH]1[Zr]([Cl])[Cl].[Zr]. The summed E-state index contributed by atoms with van der Waals surface area (Å²) in [7, 11) is 12.8. The third-order valence-electron chi connectivity index (χ3n) is 3.80. The molecule has 105 valence electrons. The van der Waals surface area contributed by atoms with Gasteiger partial charge in [0.25, 0.3) is 0 Å². The van der Waals surface area contributed by atoms with Gasteiger partial charge in [-0.3, -0.25) is 0 Å². The second-order valence-electron chi connectivity index (χ2n) is 5.29. The van der Waals surface area contributed by atoms with Gasteiger partial charge in [0.15, 0.2) is 0 Å². The first-order valence-corrected chi connectivity index (χ1v) is 14.4. The molecule has 0 saturated heterocycles. The molecular weight excluding hydrogens is 458 g/mol. The maximum Gasteiger partial charge on any atom is 0 e. The first kappa shape index (κ1) is 17.9. The van der Waals surface area contributed by atoms with Crippen molar-refractivity contribution in [2.45, 2.75) is 17.5 Å². The van der Waals surface area contributed by atoms with Crippen LogP contribution in [-0.4, -0.2) is 0 Å². The minimum Gasteiger partial charge on any atom is 0 e. The zero-order valence-corrected chi connectivity index (χ0v) is 18.4. The Morgan fingerprint density at radius 2 is 1.67 bits per heavy atom. The summed E-state index contributed by atoms with van der Waals surface area (Å²) >= 11 is -2.35. The molecule has 2 aromatic rings. The van der Waals surface area contributed by atoms with Crippen molar-refractivity contribution in [3.63, 3.8) is 0 Å². The fraction of sp³-hybridized carbons (Fsp3) is 0.176. The van der Waals surface area contributed by atoms with Crippen LogP contribution in [0.5, 0.6) is 0 Å². The fourth-order valence-electron chi connectivity index (χ4n) is 2.93. The molecule has 1 aliphatic rings. The average Bonchev–Trinajstić information content (AvgIpc) is 2.74. The zero-order chi connectivity index (χ0) is 14.3. The smallest absolute Gasteiger partial charge is 0 e. The van der Waals surface area contributed by atoms with E-state index in [4.69, 9.17) is 17.0 Å². The number of aryl methyl sites for hydroxylation is 1. The molecule has 0 aromatic heterocycles. The van der Waals surface area contributed by atoms with Gasteiger partial charge in [-0.25, -0.2) is 0 Å². The van der Waals surface area contributed by atoms with Crippen molar-refractivity contribution in [3.8, 4) is 11.1 Å². The quantitative estimate of drug-likeness (QED) is 0.500. The van der Waals surface area contributed by atoms with E-state index in [0.29, 0.717) is 3.63 Å². The number of hydrogen-bond donors (Lipinski definition) is 0. The molecule has 0 aliphatic heterocycles. The fourth-order valence-corrected chi connectivity index (χ4v) is 8.57. The molecule has 1 atom stereocenters. The standard InChI is InChI=1S/C17H15.2ClH.2Zr/c1-12-8-15-9-13(2)11-17(15)16(10-12)14-6-4-3-5-7-14;;;;/h3-11H,1-2H3;2*1H;;/q;;;;+2/p-2. The van der Waals surface area contributed by atoms with Gasteiger partial charge in [-0.2, -0.15) is 0 Å². The average molecular weight is 473 g/mol. The number of rotatable bonds is 2. The third kappa shape index (κ3) is 3.55. The van der Waals surface area contributed by atoms with E-state index in [1.54, 1.807) is 0 Å². The monoisotopic (exact) mass is 469 g/mol. The van der Waals surface area contributed by atoms with Gasteiger partial charge in [0, 0.05) is 26.2 Å². The maximum atomic E-state index is 6.38. The van der Waals surface area contributed by atoms with Crippen molar-refractivity contribution in [2.24, 2.45) is 0 Å². The molecule has 0 spiro atoms. The van der Waals surface area contributed by atoms with E-state index in [1.165, 1.54) is 33.4 Å². The van der Waals surface area contributed by atoms with E-state index in [0.717, 1.165) is 0 Å². The van der Waals surface area contributed by atoms with Crippen LogP contribution in [0.1, 0.15) is 27.2 Å². The Morgan fingerprint density at radius 3 is 2.29 bits per heavy atom. The second kappa shape index (κ2) is 7.40. The van der Waals surface area contributed by atoms with Crippen molar-refractivity contribution in [1.82, 2.24) is 0 Å². The van der Waals surface area contributed by atoms with Gasteiger partial charge in [0.05, 0.1) is 0 Å². The number of allylic oxidation sites excluding steroid dienone is 1.